The number of aromatic nitrogens is 1. The van der Waals surface area contributed by atoms with Crippen molar-refractivity contribution in [1.29, 1.82) is 0 Å². The number of hydrogen-bond acceptors (Lipinski definition) is 4. The number of pyridine rings is 1. The Kier molecular flexibility index (Phi) is 9.54. The molecule has 0 spiro atoms. The summed E-state index contributed by atoms with van der Waals surface area (Å²) in [5.41, 5.74) is 0. The standard InChI is InChI=1S/C17H28N6O.HI/c1-4-18-17(20-13-16(24)22(2)3)21-14-8-11-23(12-9-14)15-7-5-6-10-19-15;/h5-7,10,14H,4,8-9,11-13H2,1-3H3,(H2,18,20,21);1H. The van der Waals surface area contributed by atoms with E-state index in [9.17, 15) is 4.79 Å². The van der Waals surface area contributed by atoms with Gasteiger partial charge in [0.05, 0.1) is 0 Å². The Morgan fingerprint density at radius 1 is 1.36 bits per heavy atom. The number of amides is 1. The lowest BCUT2D eigenvalue weighted by Gasteiger charge is -2.33. The molecule has 1 amide bonds. The minimum absolute atomic E-state index is 0. The fourth-order valence-corrected chi connectivity index (χ4v) is 2.60. The number of rotatable bonds is 5. The number of guanidine groups is 1. The van der Waals surface area contributed by atoms with Gasteiger partial charge in [0.15, 0.2) is 5.96 Å². The lowest BCUT2D eigenvalue weighted by atomic mass is 10.1. The minimum Gasteiger partial charge on any atom is -0.357 e. The Morgan fingerprint density at radius 3 is 2.64 bits per heavy atom. The van der Waals surface area contributed by atoms with E-state index in [1.54, 1.807) is 19.0 Å². The SMILES string of the molecule is CCNC(=NCC(=O)N(C)C)NC1CCN(c2ccccn2)CC1.I. The molecule has 8 heteroatoms. The van der Waals surface area contributed by atoms with Gasteiger partial charge in [0.25, 0.3) is 0 Å². The molecular weight excluding hydrogens is 431 g/mol. The molecule has 1 aromatic heterocycles. The molecular formula is C17H29IN6O. The molecule has 25 heavy (non-hydrogen) atoms. The van der Waals surface area contributed by atoms with E-state index in [1.165, 1.54) is 0 Å². The van der Waals surface area contributed by atoms with Crippen LogP contribution in [0.25, 0.3) is 0 Å². The van der Waals surface area contributed by atoms with Gasteiger partial charge in [-0.1, -0.05) is 6.07 Å². The lowest BCUT2D eigenvalue weighted by molar-refractivity contribution is -0.127. The number of carbonyl (C=O) groups excluding carboxylic acids is 1. The van der Waals surface area contributed by atoms with Gasteiger partial charge in [-0.05, 0) is 31.9 Å². The predicted octanol–water partition coefficient (Wildman–Crippen LogP) is 1.31. The summed E-state index contributed by atoms with van der Waals surface area (Å²) >= 11 is 0. The van der Waals surface area contributed by atoms with Crippen molar-refractivity contribution in [3.05, 3.63) is 24.4 Å². The highest BCUT2D eigenvalue weighted by atomic mass is 127. The molecule has 0 radical (unpaired) electrons. The van der Waals surface area contributed by atoms with E-state index < -0.39 is 0 Å². The summed E-state index contributed by atoms with van der Waals surface area (Å²) in [6.45, 7) is 4.88. The van der Waals surface area contributed by atoms with Crippen molar-refractivity contribution in [2.24, 2.45) is 4.99 Å². The van der Waals surface area contributed by atoms with Crippen molar-refractivity contribution in [1.82, 2.24) is 20.5 Å². The molecule has 140 valence electrons. The average molecular weight is 460 g/mol. The van der Waals surface area contributed by atoms with Crippen molar-refractivity contribution >= 4 is 41.7 Å². The maximum atomic E-state index is 11.7. The quantitative estimate of drug-likeness (QED) is 0.394. The number of halogens is 1. The largest absolute Gasteiger partial charge is 0.357 e. The van der Waals surface area contributed by atoms with Crippen LogP contribution >= 0.6 is 24.0 Å². The normalized spacial score (nSPS) is 15.3. The minimum atomic E-state index is -0.00262. The zero-order chi connectivity index (χ0) is 17.4. The predicted molar refractivity (Wildman–Crippen MR) is 113 cm³/mol. The Labute approximate surface area is 167 Å². The van der Waals surface area contributed by atoms with Crippen molar-refractivity contribution in [3.63, 3.8) is 0 Å². The molecule has 2 N–H and O–H groups in total. The Hall–Kier alpha value is -1.58. The Balaban J connectivity index is 0.00000312. The second-order valence-corrected chi connectivity index (χ2v) is 6.08. The van der Waals surface area contributed by atoms with Crippen LogP contribution in [0, 0.1) is 0 Å². The molecule has 7 nitrogen and oxygen atoms in total. The molecule has 0 saturated carbocycles. The third-order valence-corrected chi connectivity index (χ3v) is 4.02. The van der Waals surface area contributed by atoms with Crippen molar-refractivity contribution in [3.8, 4) is 0 Å². The van der Waals surface area contributed by atoms with Crippen LogP contribution in [0.2, 0.25) is 0 Å². The van der Waals surface area contributed by atoms with Gasteiger partial charge >= 0.3 is 0 Å². The third kappa shape index (κ3) is 7.05. The zero-order valence-corrected chi connectivity index (χ0v) is 17.6. The fraction of sp³-hybridized carbons (Fsp3) is 0.588. The van der Waals surface area contributed by atoms with E-state index in [0.29, 0.717) is 12.0 Å². The highest BCUT2D eigenvalue weighted by Gasteiger charge is 2.20. The van der Waals surface area contributed by atoms with Gasteiger partial charge in [-0.15, -0.1) is 24.0 Å². The number of aliphatic imine (C=N–C) groups is 1. The second-order valence-electron chi connectivity index (χ2n) is 6.08. The summed E-state index contributed by atoms with van der Waals surface area (Å²) in [6, 6.07) is 6.36. The van der Waals surface area contributed by atoms with Gasteiger partial charge in [0.1, 0.15) is 12.4 Å². The summed E-state index contributed by atoms with van der Waals surface area (Å²) < 4.78 is 0. The van der Waals surface area contributed by atoms with E-state index in [2.05, 4.69) is 25.5 Å². The molecule has 1 aromatic rings. The topological polar surface area (TPSA) is 72.9 Å². The Morgan fingerprint density at radius 2 is 2.08 bits per heavy atom. The number of anilines is 1. The van der Waals surface area contributed by atoms with E-state index in [4.69, 9.17) is 0 Å². The summed E-state index contributed by atoms with van der Waals surface area (Å²) in [5.74, 6) is 1.74. The van der Waals surface area contributed by atoms with Crippen LogP contribution in [0.15, 0.2) is 29.4 Å². The zero-order valence-electron chi connectivity index (χ0n) is 15.2. The number of hydrogen-bond donors (Lipinski definition) is 2. The lowest BCUT2D eigenvalue weighted by Crippen LogP contribution is -2.49. The number of likely N-dealkylation sites (N-methyl/N-ethyl adjacent to an activating group) is 1. The highest BCUT2D eigenvalue weighted by molar-refractivity contribution is 14.0. The van der Waals surface area contributed by atoms with Crippen LogP contribution in [0.4, 0.5) is 5.82 Å². The molecule has 1 saturated heterocycles. The molecule has 2 heterocycles. The molecule has 0 bridgehead atoms. The number of piperidine rings is 1. The fourth-order valence-electron chi connectivity index (χ4n) is 2.60. The average Bonchev–Trinajstić information content (AvgIpc) is 2.61. The molecule has 1 aliphatic rings. The van der Waals surface area contributed by atoms with Gasteiger partial charge in [0, 0.05) is 46.0 Å². The molecule has 1 aliphatic heterocycles. The van der Waals surface area contributed by atoms with E-state index in [0.717, 1.165) is 38.3 Å². The van der Waals surface area contributed by atoms with Gasteiger partial charge in [0.2, 0.25) is 5.91 Å². The maximum absolute atomic E-state index is 11.7. The van der Waals surface area contributed by atoms with Crippen LogP contribution < -0.4 is 15.5 Å². The van der Waals surface area contributed by atoms with Crippen LogP contribution in [0.5, 0.6) is 0 Å². The molecule has 0 atom stereocenters. The maximum Gasteiger partial charge on any atom is 0.243 e. The van der Waals surface area contributed by atoms with Gasteiger partial charge < -0.3 is 20.4 Å². The number of nitrogens with zero attached hydrogens (tertiary/aromatic N) is 4. The van der Waals surface area contributed by atoms with Crippen molar-refractivity contribution in [2.75, 3.05) is 45.2 Å². The first-order valence-corrected chi connectivity index (χ1v) is 8.51. The van der Waals surface area contributed by atoms with Crippen molar-refractivity contribution < 1.29 is 4.79 Å². The number of carbonyl (C=O) groups is 1. The Bertz CT molecular complexity index is 543. The summed E-state index contributed by atoms with van der Waals surface area (Å²) in [7, 11) is 3.48. The first-order chi connectivity index (χ1) is 11.6. The van der Waals surface area contributed by atoms with Crippen LogP contribution in [-0.2, 0) is 4.79 Å². The monoisotopic (exact) mass is 460 g/mol. The summed E-state index contributed by atoms with van der Waals surface area (Å²) in [5, 5.41) is 6.65. The van der Waals surface area contributed by atoms with Crippen LogP contribution in [0.1, 0.15) is 19.8 Å². The number of nitrogens with one attached hydrogen (secondary N) is 2. The van der Waals surface area contributed by atoms with Gasteiger partial charge in [-0.2, -0.15) is 0 Å². The van der Waals surface area contributed by atoms with E-state index in [1.807, 2.05) is 31.3 Å². The van der Waals surface area contributed by atoms with Crippen LogP contribution in [-0.4, -0.2) is 68.1 Å². The van der Waals surface area contributed by atoms with Crippen LogP contribution in [0.3, 0.4) is 0 Å². The summed E-state index contributed by atoms with van der Waals surface area (Å²) in [6.07, 6.45) is 3.86. The molecule has 1 fully saturated rings. The first-order valence-electron chi connectivity index (χ1n) is 8.51. The van der Waals surface area contributed by atoms with Gasteiger partial charge in [-0.3, -0.25) is 4.79 Å². The second kappa shape index (κ2) is 11.1. The molecule has 0 aromatic carbocycles. The van der Waals surface area contributed by atoms with E-state index in [-0.39, 0.29) is 36.4 Å². The third-order valence-electron chi connectivity index (χ3n) is 4.02. The van der Waals surface area contributed by atoms with Gasteiger partial charge in [-0.25, -0.2) is 9.98 Å². The highest BCUT2D eigenvalue weighted by Crippen LogP contribution is 2.17. The molecule has 0 unspecified atom stereocenters. The van der Waals surface area contributed by atoms with Crippen molar-refractivity contribution in [2.45, 2.75) is 25.8 Å². The van der Waals surface area contributed by atoms with E-state index >= 15 is 0 Å². The molecule has 2 rings (SSSR count). The first kappa shape index (κ1) is 21.5. The summed E-state index contributed by atoms with van der Waals surface area (Å²) in [4.78, 5) is 24.3. The molecule has 0 aliphatic carbocycles. The smallest absolute Gasteiger partial charge is 0.243 e.